The van der Waals surface area contributed by atoms with E-state index in [1.807, 2.05) is 30.3 Å². The van der Waals surface area contributed by atoms with E-state index in [0.717, 1.165) is 30.7 Å². The molecule has 128 valence electrons. The van der Waals surface area contributed by atoms with E-state index in [0.29, 0.717) is 13.0 Å². The number of hydrogen-bond donors (Lipinski definition) is 1. The maximum absolute atomic E-state index is 12.8. The third-order valence-corrected chi connectivity index (χ3v) is 4.25. The number of aliphatic hydroxyl groups excluding tert-OH is 1. The Balaban J connectivity index is 1.76. The molecule has 1 aromatic heterocycles. The predicted molar refractivity (Wildman–Crippen MR) is 83.4 cm³/mol. The van der Waals surface area contributed by atoms with Gasteiger partial charge in [0.15, 0.2) is 0 Å². The summed E-state index contributed by atoms with van der Waals surface area (Å²) in [6, 6.07) is 10.0. The first kappa shape index (κ1) is 16.7. The van der Waals surface area contributed by atoms with Crippen molar-refractivity contribution in [3.05, 3.63) is 53.9 Å². The number of anilines is 1. The number of nitrogens with zero attached hydrogens (tertiary/aromatic N) is 3. The third kappa shape index (κ3) is 3.67. The number of aliphatic hydroxyl groups is 1. The highest BCUT2D eigenvalue weighted by Gasteiger charge is 2.35. The van der Waals surface area contributed by atoms with Gasteiger partial charge < -0.3 is 10.0 Å². The van der Waals surface area contributed by atoms with E-state index in [4.69, 9.17) is 0 Å². The summed E-state index contributed by atoms with van der Waals surface area (Å²) in [6.45, 7) is 0.591. The van der Waals surface area contributed by atoms with Crippen LogP contribution in [-0.4, -0.2) is 27.7 Å². The molecule has 2 aromatic rings. The van der Waals surface area contributed by atoms with Crippen LogP contribution in [0.5, 0.6) is 0 Å². The number of halogens is 3. The van der Waals surface area contributed by atoms with Crippen molar-refractivity contribution < 1.29 is 18.3 Å². The summed E-state index contributed by atoms with van der Waals surface area (Å²) in [5.74, 6) is 0.0765. The van der Waals surface area contributed by atoms with Gasteiger partial charge in [-0.1, -0.05) is 30.3 Å². The van der Waals surface area contributed by atoms with Crippen LogP contribution in [0.1, 0.15) is 36.6 Å². The second-order valence-corrected chi connectivity index (χ2v) is 5.89. The van der Waals surface area contributed by atoms with Crippen molar-refractivity contribution >= 4 is 5.95 Å². The minimum Gasteiger partial charge on any atom is -0.388 e. The highest BCUT2D eigenvalue weighted by Crippen LogP contribution is 2.32. The molecule has 0 bridgehead atoms. The van der Waals surface area contributed by atoms with Gasteiger partial charge in [-0.3, -0.25) is 0 Å². The average molecular weight is 337 g/mol. The summed E-state index contributed by atoms with van der Waals surface area (Å²) < 4.78 is 38.5. The lowest BCUT2D eigenvalue weighted by Gasteiger charge is -2.27. The van der Waals surface area contributed by atoms with E-state index in [9.17, 15) is 18.3 Å². The molecule has 2 heterocycles. The van der Waals surface area contributed by atoms with Crippen LogP contribution in [0.3, 0.4) is 0 Å². The second kappa shape index (κ2) is 6.76. The number of hydrogen-bond acceptors (Lipinski definition) is 4. The van der Waals surface area contributed by atoms with Crippen molar-refractivity contribution in [3.63, 3.8) is 0 Å². The van der Waals surface area contributed by atoms with E-state index in [1.165, 1.54) is 0 Å². The number of rotatable bonds is 4. The first-order valence-corrected chi connectivity index (χ1v) is 7.85. The van der Waals surface area contributed by atoms with Gasteiger partial charge in [-0.15, -0.1) is 0 Å². The van der Waals surface area contributed by atoms with Gasteiger partial charge in [0.1, 0.15) is 5.69 Å². The molecule has 1 fully saturated rings. The van der Waals surface area contributed by atoms with Crippen molar-refractivity contribution in [3.8, 4) is 0 Å². The molecule has 0 saturated carbocycles. The molecule has 0 amide bonds. The monoisotopic (exact) mass is 337 g/mol. The number of benzene rings is 1. The molecule has 0 aliphatic carbocycles. The highest BCUT2D eigenvalue weighted by molar-refractivity contribution is 5.34. The second-order valence-electron chi connectivity index (χ2n) is 5.89. The van der Waals surface area contributed by atoms with Crippen molar-refractivity contribution in [1.29, 1.82) is 0 Å². The van der Waals surface area contributed by atoms with Gasteiger partial charge in [-0.2, -0.15) is 13.2 Å². The minimum absolute atomic E-state index is 0.0765. The fourth-order valence-corrected chi connectivity index (χ4v) is 3.06. The molecule has 0 spiro atoms. The molecule has 7 heteroatoms. The summed E-state index contributed by atoms with van der Waals surface area (Å²) >= 11 is 0. The Hall–Kier alpha value is -2.15. The van der Waals surface area contributed by atoms with Crippen molar-refractivity contribution in [2.45, 2.75) is 37.6 Å². The van der Waals surface area contributed by atoms with Crippen LogP contribution in [0.25, 0.3) is 0 Å². The fourth-order valence-electron chi connectivity index (χ4n) is 3.06. The smallest absolute Gasteiger partial charge is 0.388 e. The average Bonchev–Trinajstić information content (AvgIpc) is 3.03. The molecule has 1 aliphatic heterocycles. The topological polar surface area (TPSA) is 49.2 Å². The zero-order valence-electron chi connectivity index (χ0n) is 12.9. The summed E-state index contributed by atoms with van der Waals surface area (Å²) in [6.07, 6.45) is -1.95. The Labute approximate surface area is 138 Å². The van der Waals surface area contributed by atoms with E-state index < -0.39 is 18.0 Å². The van der Waals surface area contributed by atoms with Crippen LogP contribution in [-0.2, 0) is 6.18 Å². The zero-order valence-corrected chi connectivity index (χ0v) is 12.9. The van der Waals surface area contributed by atoms with Crippen molar-refractivity contribution in [2.24, 2.45) is 0 Å². The standard InChI is InChI=1S/C17H18F3N3O/c18-17(19,20)15-8-9-21-16(22-15)23-10-4-7-13(23)11-14(24)12-5-2-1-3-6-12/h1-3,5-6,8-9,13-14,24H,4,7,10-11H2/t13-,14+/m0/s1. The molecule has 4 nitrogen and oxygen atoms in total. The molecular formula is C17H18F3N3O. The van der Waals surface area contributed by atoms with Crippen molar-refractivity contribution in [1.82, 2.24) is 9.97 Å². The van der Waals surface area contributed by atoms with Gasteiger partial charge in [-0.25, -0.2) is 9.97 Å². The van der Waals surface area contributed by atoms with Crippen LogP contribution in [0, 0.1) is 0 Å². The summed E-state index contributed by atoms with van der Waals surface area (Å²) in [5.41, 5.74) is -0.143. The molecule has 1 aliphatic rings. The SMILES string of the molecule is O[C@H](C[C@@H]1CCCN1c1nccc(C(F)(F)F)n1)c1ccccc1. The van der Waals surface area contributed by atoms with Gasteiger partial charge >= 0.3 is 6.18 Å². The fraction of sp³-hybridized carbons (Fsp3) is 0.412. The summed E-state index contributed by atoms with van der Waals surface area (Å²) in [5, 5.41) is 10.4. The maximum atomic E-state index is 12.8. The molecule has 1 N–H and O–H groups in total. The third-order valence-electron chi connectivity index (χ3n) is 4.25. The van der Waals surface area contributed by atoms with Crippen LogP contribution >= 0.6 is 0 Å². The highest BCUT2D eigenvalue weighted by atomic mass is 19.4. The van der Waals surface area contributed by atoms with Crippen LogP contribution in [0.4, 0.5) is 19.1 Å². The molecule has 0 radical (unpaired) electrons. The first-order chi connectivity index (χ1) is 11.4. The Morgan fingerprint density at radius 1 is 1.21 bits per heavy atom. The Morgan fingerprint density at radius 3 is 2.67 bits per heavy atom. The molecule has 0 unspecified atom stereocenters. The zero-order chi connectivity index (χ0) is 17.2. The molecule has 3 rings (SSSR count). The van der Waals surface area contributed by atoms with E-state index in [1.54, 1.807) is 4.90 Å². The Bertz CT molecular complexity index is 678. The van der Waals surface area contributed by atoms with Crippen molar-refractivity contribution in [2.75, 3.05) is 11.4 Å². The van der Waals surface area contributed by atoms with E-state index >= 15 is 0 Å². The van der Waals surface area contributed by atoms with Gasteiger partial charge in [-0.05, 0) is 30.9 Å². The van der Waals surface area contributed by atoms with Gasteiger partial charge in [0.05, 0.1) is 6.10 Å². The number of alkyl halides is 3. The van der Waals surface area contributed by atoms with Gasteiger partial charge in [0, 0.05) is 18.8 Å². The Kier molecular flexibility index (Phi) is 4.71. The molecule has 1 aromatic carbocycles. The summed E-state index contributed by atoms with van der Waals surface area (Å²) in [7, 11) is 0. The maximum Gasteiger partial charge on any atom is 0.433 e. The van der Waals surface area contributed by atoms with Gasteiger partial charge in [0.2, 0.25) is 5.95 Å². The molecular weight excluding hydrogens is 319 g/mol. The lowest BCUT2D eigenvalue weighted by Crippen LogP contribution is -2.32. The minimum atomic E-state index is -4.49. The summed E-state index contributed by atoms with van der Waals surface area (Å²) in [4.78, 5) is 9.43. The predicted octanol–water partition coefficient (Wildman–Crippen LogP) is 3.59. The van der Waals surface area contributed by atoms with Crippen LogP contribution in [0.15, 0.2) is 42.6 Å². The van der Waals surface area contributed by atoms with E-state index in [-0.39, 0.29) is 12.0 Å². The van der Waals surface area contributed by atoms with Gasteiger partial charge in [0.25, 0.3) is 0 Å². The van der Waals surface area contributed by atoms with E-state index in [2.05, 4.69) is 9.97 Å². The van der Waals surface area contributed by atoms with Crippen LogP contribution < -0.4 is 4.90 Å². The molecule has 1 saturated heterocycles. The quantitative estimate of drug-likeness (QED) is 0.926. The molecule has 24 heavy (non-hydrogen) atoms. The molecule has 2 atom stereocenters. The Morgan fingerprint density at radius 2 is 1.96 bits per heavy atom. The largest absolute Gasteiger partial charge is 0.433 e. The first-order valence-electron chi connectivity index (χ1n) is 7.85. The lowest BCUT2D eigenvalue weighted by atomic mass is 10.0. The normalized spacial score (nSPS) is 19.5. The number of aromatic nitrogens is 2. The van der Waals surface area contributed by atoms with Crippen LogP contribution in [0.2, 0.25) is 0 Å². The lowest BCUT2D eigenvalue weighted by molar-refractivity contribution is -0.141.